The molecule has 1 fully saturated rings. The summed E-state index contributed by atoms with van der Waals surface area (Å²) in [5.74, 6) is 0.845. The molecule has 2 N–H and O–H groups in total. The average molecular weight is 273 g/mol. The smallest absolute Gasteiger partial charge is 0.220 e. The van der Waals surface area contributed by atoms with E-state index < -0.39 is 0 Å². The van der Waals surface area contributed by atoms with E-state index in [1.165, 1.54) is 0 Å². The van der Waals surface area contributed by atoms with Crippen LogP contribution in [-0.2, 0) is 16.1 Å². The van der Waals surface area contributed by atoms with Gasteiger partial charge < -0.3 is 15.0 Å². The topological polar surface area (TPSA) is 67.0 Å². The number of carbonyl (C=O) groups excluding carboxylic acids is 1. The van der Waals surface area contributed by atoms with Gasteiger partial charge in [-0.05, 0) is 31.4 Å². The highest BCUT2D eigenvalue weighted by molar-refractivity contribution is 5.76. The van der Waals surface area contributed by atoms with Crippen LogP contribution in [0.1, 0.15) is 31.5 Å². The van der Waals surface area contributed by atoms with Gasteiger partial charge in [-0.25, -0.2) is 4.98 Å². The van der Waals surface area contributed by atoms with Crippen LogP contribution in [0.25, 0.3) is 11.0 Å². The number of hydrogen-bond donors (Lipinski definition) is 2. The maximum absolute atomic E-state index is 11.8. The van der Waals surface area contributed by atoms with Crippen molar-refractivity contribution in [1.82, 2.24) is 15.3 Å². The van der Waals surface area contributed by atoms with Crippen LogP contribution < -0.4 is 5.32 Å². The first-order valence-electron chi connectivity index (χ1n) is 7.13. The fourth-order valence-electron chi connectivity index (χ4n) is 2.52. The molecule has 1 unspecified atom stereocenters. The molecule has 0 bridgehead atoms. The zero-order valence-corrected chi connectivity index (χ0v) is 11.4. The lowest BCUT2D eigenvalue weighted by Crippen LogP contribution is -2.24. The normalized spacial score (nSPS) is 18.5. The summed E-state index contributed by atoms with van der Waals surface area (Å²) in [5.41, 5.74) is 1.92. The molecule has 1 aromatic heterocycles. The molecule has 0 saturated carbocycles. The van der Waals surface area contributed by atoms with E-state index in [1.54, 1.807) is 0 Å². The van der Waals surface area contributed by atoms with Gasteiger partial charge in [-0.15, -0.1) is 0 Å². The maximum atomic E-state index is 11.8. The summed E-state index contributed by atoms with van der Waals surface area (Å²) in [4.78, 5) is 19.4. The molecule has 5 heteroatoms. The van der Waals surface area contributed by atoms with Crippen molar-refractivity contribution in [3.05, 3.63) is 30.1 Å². The van der Waals surface area contributed by atoms with Crippen LogP contribution in [0.15, 0.2) is 24.3 Å². The Morgan fingerprint density at radius 3 is 3.15 bits per heavy atom. The van der Waals surface area contributed by atoms with Crippen LogP contribution in [-0.4, -0.2) is 28.6 Å². The minimum absolute atomic E-state index is 0.0564. The van der Waals surface area contributed by atoms with Crippen molar-refractivity contribution in [2.24, 2.45) is 0 Å². The lowest BCUT2D eigenvalue weighted by atomic mass is 10.1. The zero-order valence-electron chi connectivity index (χ0n) is 11.4. The molecule has 1 amide bonds. The third-order valence-corrected chi connectivity index (χ3v) is 3.61. The van der Waals surface area contributed by atoms with Gasteiger partial charge >= 0.3 is 0 Å². The van der Waals surface area contributed by atoms with Crippen LogP contribution in [0.4, 0.5) is 0 Å². The van der Waals surface area contributed by atoms with E-state index in [0.29, 0.717) is 13.0 Å². The molecule has 5 nitrogen and oxygen atoms in total. The van der Waals surface area contributed by atoms with Crippen molar-refractivity contribution < 1.29 is 9.53 Å². The number of aromatic nitrogens is 2. The van der Waals surface area contributed by atoms with Crippen molar-refractivity contribution >= 4 is 16.9 Å². The average Bonchev–Trinajstić information content (AvgIpc) is 3.11. The molecule has 0 spiro atoms. The largest absolute Gasteiger partial charge is 0.378 e. The summed E-state index contributed by atoms with van der Waals surface area (Å²) in [6.45, 7) is 1.28. The van der Waals surface area contributed by atoms with Crippen molar-refractivity contribution in [2.45, 2.75) is 38.3 Å². The van der Waals surface area contributed by atoms with E-state index in [2.05, 4.69) is 15.3 Å². The Bertz CT molecular complexity index is 555. The SMILES string of the molecule is O=C(CCC1CCCO1)NCc1nc2ccccc2[nH]1. The van der Waals surface area contributed by atoms with Gasteiger partial charge in [-0.1, -0.05) is 12.1 Å². The second-order valence-electron chi connectivity index (χ2n) is 5.15. The first-order valence-corrected chi connectivity index (χ1v) is 7.13. The lowest BCUT2D eigenvalue weighted by molar-refractivity contribution is -0.121. The Morgan fingerprint density at radius 2 is 2.35 bits per heavy atom. The standard InChI is InChI=1S/C15H19N3O2/c19-15(8-7-11-4-3-9-20-11)16-10-14-17-12-5-1-2-6-13(12)18-14/h1-2,5-6,11H,3-4,7-10H2,(H,16,19)(H,17,18). The number of imidazole rings is 1. The van der Waals surface area contributed by atoms with Crippen molar-refractivity contribution in [3.8, 4) is 0 Å². The quantitative estimate of drug-likeness (QED) is 0.877. The van der Waals surface area contributed by atoms with Gasteiger partial charge in [-0.3, -0.25) is 4.79 Å². The molecule has 0 aliphatic carbocycles. The lowest BCUT2D eigenvalue weighted by Gasteiger charge is -2.08. The second-order valence-corrected chi connectivity index (χ2v) is 5.15. The molecule has 1 saturated heterocycles. The first kappa shape index (κ1) is 13.1. The highest BCUT2D eigenvalue weighted by atomic mass is 16.5. The van der Waals surface area contributed by atoms with Gasteiger partial charge in [-0.2, -0.15) is 0 Å². The third kappa shape index (κ3) is 3.17. The summed E-state index contributed by atoms with van der Waals surface area (Å²) in [5, 5.41) is 2.90. The van der Waals surface area contributed by atoms with E-state index in [9.17, 15) is 4.79 Å². The van der Waals surface area contributed by atoms with Crippen molar-refractivity contribution in [2.75, 3.05) is 6.61 Å². The number of benzene rings is 1. The monoisotopic (exact) mass is 273 g/mol. The van der Waals surface area contributed by atoms with Crippen LogP contribution >= 0.6 is 0 Å². The Kier molecular flexibility index (Phi) is 3.97. The van der Waals surface area contributed by atoms with E-state index in [4.69, 9.17) is 4.74 Å². The highest BCUT2D eigenvalue weighted by Crippen LogP contribution is 2.16. The number of aromatic amines is 1. The van der Waals surface area contributed by atoms with Crippen LogP contribution in [0.3, 0.4) is 0 Å². The molecular weight excluding hydrogens is 254 g/mol. The number of fused-ring (bicyclic) bond motifs is 1. The van der Waals surface area contributed by atoms with E-state index in [1.807, 2.05) is 24.3 Å². The van der Waals surface area contributed by atoms with E-state index in [-0.39, 0.29) is 12.0 Å². The molecule has 3 rings (SSSR count). The minimum Gasteiger partial charge on any atom is -0.378 e. The number of para-hydroxylation sites is 2. The summed E-state index contributed by atoms with van der Waals surface area (Å²) >= 11 is 0. The van der Waals surface area contributed by atoms with E-state index >= 15 is 0 Å². The van der Waals surface area contributed by atoms with Gasteiger partial charge in [0.15, 0.2) is 0 Å². The summed E-state index contributed by atoms with van der Waals surface area (Å²) in [6, 6.07) is 7.84. The molecule has 1 aliphatic heterocycles. The maximum Gasteiger partial charge on any atom is 0.220 e. The number of nitrogens with zero attached hydrogens (tertiary/aromatic N) is 1. The highest BCUT2D eigenvalue weighted by Gasteiger charge is 2.16. The van der Waals surface area contributed by atoms with Gasteiger partial charge in [0.25, 0.3) is 0 Å². The molecule has 106 valence electrons. The number of H-pyrrole nitrogens is 1. The number of amides is 1. The Hall–Kier alpha value is -1.88. The minimum atomic E-state index is 0.0564. The van der Waals surface area contributed by atoms with E-state index in [0.717, 1.165) is 42.7 Å². The Morgan fingerprint density at radius 1 is 1.45 bits per heavy atom. The molecule has 0 radical (unpaired) electrons. The molecule has 1 aliphatic rings. The molecular formula is C15H19N3O2. The fourth-order valence-corrected chi connectivity index (χ4v) is 2.52. The second kappa shape index (κ2) is 6.05. The van der Waals surface area contributed by atoms with Crippen molar-refractivity contribution in [3.63, 3.8) is 0 Å². The fraction of sp³-hybridized carbons (Fsp3) is 0.467. The van der Waals surface area contributed by atoms with Gasteiger partial charge in [0, 0.05) is 13.0 Å². The van der Waals surface area contributed by atoms with Crippen molar-refractivity contribution in [1.29, 1.82) is 0 Å². The Labute approximate surface area is 117 Å². The van der Waals surface area contributed by atoms with Gasteiger partial charge in [0.1, 0.15) is 5.82 Å². The number of hydrogen-bond acceptors (Lipinski definition) is 3. The molecule has 2 heterocycles. The summed E-state index contributed by atoms with van der Waals surface area (Å²) in [6.07, 6.45) is 3.80. The number of carbonyl (C=O) groups is 1. The predicted molar refractivity (Wildman–Crippen MR) is 76.1 cm³/mol. The molecule has 1 atom stereocenters. The van der Waals surface area contributed by atoms with Crippen LogP contribution in [0.5, 0.6) is 0 Å². The first-order chi connectivity index (χ1) is 9.81. The summed E-state index contributed by atoms with van der Waals surface area (Å²) in [7, 11) is 0. The zero-order chi connectivity index (χ0) is 13.8. The number of nitrogens with one attached hydrogen (secondary N) is 2. The van der Waals surface area contributed by atoms with Crippen LogP contribution in [0.2, 0.25) is 0 Å². The number of rotatable bonds is 5. The molecule has 1 aromatic carbocycles. The number of ether oxygens (including phenoxy) is 1. The van der Waals surface area contributed by atoms with Crippen LogP contribution in [0, 0.1) is 0 Å². The van der Waals surface area contributed by atoms with Gasteiger partial charge in [0.2, 0.25) is 5.91 Å². The molecule has 20 heavy (non-hydrogen) atoms. The Balaban J connectivity index is 1.47. The predicted octanol–water partition coefficient (Wildman–Crippen LogP) is 2.14. The third-order valence-electron chi connectivity index (χ3n) is 3.61. The van der Waals surface area contributed by atoms with Gasteiger partial charge in [0.05, 0.1) is 23.7 Å². The molecule has 2 aromatic rings. The summed E-state index contributed by atoms with van der Waals surface area (Å²) < 4.78 is 5.51.